The van der Waals surface area contributed by atoms with Crippen LogP contribution in [-0.2, 0) is 9.53 Å². The third-order valence-corrected chi connectivity index (χ3v) is 5.14. The molecule has 26 heavy (non-hydrogen) atoms. The zero-order valence-corrected chi connectivity index (χ0v) is 15.4. The number of hydrogen-bond acceptors (Lipinski definition) is 3. The Morgan fingerprint density at radius 3 is 2.42 bits per heavy atom. The van der Waals surface area contributed by atoms with E-state index in [0.717, 1.165) is 37.1 Å². The highest BCUT2D eigenvalue weighted by Gasteiger charge is 2.25. The number of halogens is 1. The normalized spacial score (nSPS) is 17.1. The van der Waals surface area contributed by atoms with Gasteiger partial charge in [-0.2, -0.15) is 0 Å². The topological polar surface area (TPSA) is 49.8 Å². The average Bonchev–Trinajstić information content (AvgIpc) is 2.67. The smallest absolute Gasteiger partial charge is 0.304 e. The van der Waals surface area contributed by atoms with E-state index in [2.05, 4.69) is 17.0 Å². The molecule has 0 bridgehead atoms. The number of ether oxygens (including phenoxy) is 1. The van der Waals surface area contributed by atoms with Crippen LogP contribution in [-0.4, -0.2) is 41.7 Å². The third-order valence-electron chi connectivity index (χ3n) is 4.80. The van der Waals surface area contributed by atoms with Crippen LogP contribution in [0, 0.1) is 0 Å². The summed E-state index contributed by atoms with van der Waals surface area (Å²) in [5.41, 5.74) is 2.07. The summed E-state index contributed by atoms with van der Waals surface area (Å²) in [7, 11) is 0. The van der Waals surface area contributed by atoms with E-state index < -0.39 is 5.97 Å². The van der Waals surface area contributed by atoms with Gasteiger partial charge in [-0.3, -0.25) is 4.79 Å². The van der Waals surface area contributed by atoms with Crippen molar-refractivity contribution in [1.82, 2.24) is 4.90 Å². The van der Waals surface area contributed by atoms with E-state index in [1.807, 2.05) is 42.5 Å². The Balaban J connectivity index is 1.68. The minimum Gasteiger partial charge on any atom is -0.481 e. The molecule has 138 valence electrons. The molecule has 1 saturated heterocycles. The molecule has 1 heterocycles. The highest BCUT2D eigenvalue weighted by atomic mass is 35.5. The van der Waals surface area contributed by atoms with Crippen LogP contribution in [0.15, 0.2) is 54.6 Å². The Hall–Kier alpha value is -1.88. The van der Waals surface area contributed by atoms with E-state index in [1.165, 1.54) is 0 Å². The molecular formula is C21H24ClNO3. The quantitative estimate of drug-likeness (QED) is 0.782. The van der Waals surface area contributed by atoms with Crippen LogP contribution in [0.25, 0.3) is 0 Å². The van der Waals surface area contributed by atoms with Gasteiger partial charge in [0.1, 0.15) is 6.10 Å². The van der Waals surface area contributed by atoms with Crippen LogP contribution >= 0.6 is 11.6 Å². The van der Waals surface area contributed by atoms with Crippen molar-refractivity contribution in [2.24, 2.45) is 0 Å². The molecule has 0 amide bonds. The van der Waals surface area contributed by atoms with Crippen molar-refractivity contribution in [1.29, 1.82) is 0 Å². The van der Waals surface area contributed by atoms with Crippen molar-refractivity contribution in [2.75, 3.05) is 19.6 Å². The maximum absolute atomic E-state index is 10.7. The van der Waals surface area contributed by atoms with E-state index in [4.69, 9.17) is 21.4 Å². The van der Waals surface area contributed by atoms with E-state index in [9.17, 15) is 4.79 Å². The molecule has 2 aromatic carbocycles. The standard InChI is InChI=1S/C21H24ClNO3/c22-19-9-5-4-8-18(19)21(16-6-2-1-3-7-16)26-17-10-13-23(14-11-17)15-12-20(24)25/h1-9,17,21H,10-15H2,(H,24,25). The number of hydrogen-bond donors (Lipinski definition) is 1. The minimum atomic E-state index is -0.744. The van der Waals surface area contributed by atoms with Crippen molar-refractivity contribution < 1.29 is 14.6 Å². The van der Waals surface area contributed by atoms with Crippen molar-refractivity contribution in [3.8, 4) is 0 Å². The van der Waals surface area contributed by atoms with Gasteiger partial charge in [-0.15, -0.1) is 0 Å². The van der Waals surface area contributed by atoms with Crippen molar-refractivity contribution in [3.05, 3.63) is 70.7 Å². The first kappa shape index (κ1) is 18.9. The van der Waals surface area contributed by atoms with E-state index in [-0.39, 0.29) is 18.6 Å². The highest BCUT2D eigenvalue weighted by molar-refractivity contribution is 6.31. The first-order valence-corrected chi connectivity index (χ1v) is 9.40. The number of rotatable bonds is 7. The zero-order valence-electron chi connectivity index (χ0n) is 14.7. The van der Waals surface area contributed by atoms with Gasteiger partial charge in [0.25, 0.3) is 0 Å². The lowest BCUT2D eigenvalue weighted by molar-refractivity contribution is -0.137. The second-order valence-corrected chi connectivity index (χ2v) is 7.04. The molecule has 0 spiro atoms. The summed E-state index contributed by atoms with van der Waals surface area (Å²) < 4.78 is 6.49. The summed E-state index contributed by atoms with van der Waals surface area (Å²) >= 11 is 6.44. The maximum Gasteiger partial charge on any atom is 0.304 e. The molecule has 1 aliphatic heterocycles. The van der Waals surface area contributed by atoms with Gasteiger partial charge in [-0.1, -0.05) is 60.1 Å². The molecule has 1 atom stereocenters. The first-order chi connectivity index (χ1) is 12.6. The molecule has 1 unspecified atom stereocenters. The summed E-state index contributed by atoms with van der Waals surface area (Å²) in [5.74, 6) is -0.744. The molecule has 0 aromatic heterocycles. The Morgan fingerprint density at radius 1 is 1.12 bits per heavy atom. The Morgan fingerprint density at radius 2 is 1.77 bits per heavy atom. The second-order valence-electron chi connectivity index (χ2n) is 6.63. The number of aliphatic carboxylic acids is 1. The number of likely N-dealkylation sites (tertiary alicyclic amines) is 1. The maximum atomic E-state index is 10.7. The largest absolute Gasteiger partial charge is 0.481 e. The molecule has 1 aliphatic rings. The van der Waals surface area contributed by atoms with Crippen LogP contribution in [0.5, 0.6) is 0 Å². The van der Waals surface area contributed by atoms with Gasteiger partial charge in [0.15, 0.2) is 0 Å². The SMILES string of the molecule is O=C(O)CCN1CCC(OC(c2ccccc2)c2ccccc2Cl)CC1. The number of nitrogens with zero attached hydrogens (tertiary/aromatic N) is 1. The van der Waals surface area contributed by atoms with Gasteiger partial charge < -0.3 is 14.7 Å². The molecule has 1 fully saturated rings. The Labute approximate surface area is 159 Å². The fourth-order valence-corrected chi connectivity index (χ4v) is 3.60. The van der Waals surface area contributed by atoms with E-state index >= 15 is 0 Å². The third kappa shape index (κ3) is 5.07. The molecule has 0 radical (unpaired) electrons. The van der Waals surface area contributed by atoms with Crippen LogP contribution in [0.2, 0.25) is 5.02 Å². The molecule has 0 saturated carbocycles. The number of carboxylic acid groups (broad SMARTS) is 1. The predicted octanol–water partition coefficient (Wildman–Crippen LogP) is 4.39. The minimum absolute atomic E-state index is 0.137. The van der Waals surface area contributed by atoms with Crippen LogP contribution in [0.3, 0.4) is 0 Å². The number of carbonyl (C=O) groups is 1. The highest BCUT2D eigenvalue weighted by Crippen LogP contribution is 2.33. The van der Waals surface area contributed by atoms with Gasteiger partial charge in [0, 0.05) is 30.2 Å². The molecule has 4 nitrogen and oxygen atoms in total. The molecular weight excluding hydrogens is 350 g/mol. The van der Waals surface area contributed by atoms with E-state index in [0.29, 0.717) is 11.6 Å². The van der Waals surface area contributed by atoms with Gasteiger partial charge in [-0.25, -0.2) is 0 Å². The monoisotopic (exact) mass is 373 g/mol. The Kier molecular flexibility index (Phi) is 6.67. The van der Waals surface area contributed by atoms with Crippen LogP contribution in [0.1, 0.15) is 36.5 Å². The summed E-state index contributed by atoms with van der Waals surface area (Å²) in [6, 6.07) is 18.0. The number of carboxylic acids is 1. The lowest BCUT2D eigenvalue weighted by Gasteiger charge is -2.34. The van der Waals surface area contributed by atoms with Gasteiger partial charge in [0.2, 0.25) is 0 Å². The van der Waals surface area contributed by atoms with Crippen molar-refractivity contribution in [3.63, 3.8) is 0 Å². The molecule has 0 aliphatic carbocycles. The summed E-state index contributed by atoms with van der Waals surface area (Å²) in [4.78, 5) is 12.9. The Bertz CT molecular complexity index is 714. The molecule has 3 rings (SSSR count). The zero-order chi connectivity index (χ0) is 18.4. The summed E-state index contributed by atoms with van der Waals surface area (Å²) in [6.07, 6.45) is 1.93. The first-order valence-electron chi connectivity index (χ1n) is 9.02. The van der Waals surface area contributed by atoms with Crippen molar-refractivity contribution >= 4 is 17.6 Å². The van der Waals surface area contributed by atoms with Crippen LogP contribution < -0.4 is 0 Å². The molecule has 2 aromatic rings. The average molecular weight is 374 g/mol. The number of piperidine rings is 1. The summed E-state index contributed by atoms with van der Waals surface area (Å²) in [5, 5.41) is 9.54. The number of benzene rings is 2. The molecule has 5 heteroatoms. The lowest BCUT2D eigenvalue weighted by atomic mass is 10.00. The predicted molar refractivity (Wildman–Crippen MR) is 103 cm³/mol. The fourth-order valence-electron chi connectivity index (χ4n) is 3.36. The fraction of sp³-hybridized carbons (Fsp3) is 0.381. The van der Waals surface area contributed by atoms with Crippen molar-refractivity contribution in [2.45, 2.75) is 31.5 Å². The van der Waals surface area contributed by atoms with E-state index in [1.54, 1.807) is 0 Å². The van der Waals surface area contributed by atoms with Gasteiger partial charge >= 0.3 is 5.97 Å². The van der Waals surface area contributed by atoms with Gasteiger partial charge in [0.05, 0.1) is 12.5 Å². The second kappa shape index (κ2) is 9.17. The van der Waals surface area contributed by atoms with Crippen LogP contribution in [0.4, 0.5) is 0 Å². The van der Waals surface area contributed by atoms with Gasteiger partial charge in [-0.05, 0) is 24.5 Å². The summed E-state index contributed by atoms with van der Waals surface area (Å²) in [6.45, 7) is 2.33. The molecule has 1 N–H and O–H groups in total. The lowest BCUT2D eigenvalue weighted by Crippen LogP contribution is -2.38.